The highest BCUT2D eigenvalue weighted by molar-refractivity contribution is 5.92. The van der Waals surface area contributed by atoms with Crippen LogP contribution >= 0.6 is 0 Å². The van der Waals surface area contributed by atoms with Crippen LogP contribution < -0.4 is 10.1 Å². The molecule has 0 heterocycles. The molecule has 3 aromatic carbocycles. The third kappa shape index (κ3) is 4.85. The Morgan fingerprint density at radius 3 is 2.07 bits per heavy atom. The molecule has 136 valence electrons. The predicted molar refractivity (Wildman–Crippen MR) is 110 cm³/mol. The Labute approximate surface area is 160 Å². The van der Waals surface area contributed by atoms with Gasteiger partial charge in [-0.15, -0.1) is 0 Å². The number of hydrogen-bond donors (Lipinski definition) is 1. The number of carbonyl (C=O) groups excluding carboxylic acids is 1. The van der Waals surface area contributed by atoms with E-state index >= 15 is 0 Å². The summed E-state index contributed by atoms with van der Waals surface area (Å²) in [4.78, 5) is 12.6. The minimum absolute atomic E-state index is 0.156. The zero-order chi connectivity index (χ0) is 19.1. The van der Waals surface area contributed by atoms with Crippen LogP contribution in [0.25, 0.3) is 6.08 Å². The SMILES string of the molecule is COc1ccc(C)cc1/C=C/C(=O)NC(c1ccccc1)c1ccccc1. The van der Waals surface area contributed by atoms with Crippen molar-refractivity contribution >= 4 is 12.0 Å². The normalized spacial score (nSPS) is 10.9. The molecule has 0 aliphatic heterocycles. The van der Waals surface area contributed by atoms with Gasteiger partial charge >= 0.3 is 0 Å². The Morgan fingerprint density at radius 1 is 0.926 bits per heavy atom. The summed E-state index contributed by atoms with van der Waals surface area (Å²) in [5.74, 6) is 0.587. The van der Waals surface area contributed by atoms with Crippen LogP contribution in [-0.4, -0.2) is 13.0 Å². The van der Waals surface area contributed by atoms with Crippen LogP contribution in [0.15, 0.2) is 84.9 Å². The van der Waals surface area contributed by atoms with E-state index in [9.17, 15) is 4.79 Å². The molecule has 1 amide bonds. The maximum atomic E-state index is 12.6. The summed E-state index contributed by atoms with van der Waals surface area (Å²) in [5, 5.41) is 3.11. The Balaban J connectivity index is 1.82. The summed E-state index contributed by atoms with van der Waals surface area (Å²) in [7, 11) is 1.63. The standard InChI is InChI=1S/C24H23NO2/c1-18-13-15-22(27-2)21(17-18)14-16-23(26)25-24(19-9-5-3-6-10-19)20-11-7-4-8-12-20/h3-17,24H,1-2H3,(H,25,26)/b16-14+. The average Bonchev–Trinajstić information content (AvgIpc) is 2.72. The van der Waals surface area contributed by atoms with Crippen LogP contribution in [0.1, 0.15) is 28.3 Å². The smallest absolute Gasteiger partial charge is 0.244 e. The van der Waals surface area contributed by atoms with Gasteiger partial charge in [-0.25, -0.2) is 0 Å². The number of methoxy groups -OCH3 is 1. The Bertz CT molecular complexity index is 878. The summed E-state index contributed by atoms with van der Waals surface area (Å²) in [6.45, 7) is 2.01. The lowest BCUT2D eigenvalue weighted by Crippen LogP contribution is -2.27. The highest BCUT2D eigenvalue weighted by Gasteiger charge is 2.15. The minimum Gasteiger partial charge on any atom is -0.496 e. The van der Waals surface area contributed by atoms with Crippen molar-refractivity contribution in [2.45, 2.75) is 13.0 Å². The lowest BCUT2D eigenvalue weighted by atomic mass is 9.98. The van der Waals surface area contributed by atoms with Crippen molar-refractivity contribution in [3.8, 4) is 5.75 Å². The number of hydrogen-bond acceptors (Lipinski definition) is 2. The summed E-state index contributed by atoms with van der Waals surface area (Å²) in [6.07, 6.45) is 3.34. The molecule has 0 fully saturated rings. The topological polar surface area (TPSA) is 38.3 Å². The van der Waals surface area contributed by atoms with Crippen LogP contribution in [0.4, 0.5) is 0 Å². The number of benzene rings is 3. The number of amides is 1. The molecular weight excluding hydrogens is 334 g/mol. The van der Waals surface area contributed by atoms with Crippen molar-refractivity contribution in [3.63, 3.8) is 0 Å². The number of carbonyl (C=O) groups is 1. The first-order valence-electron chi connectivity index (χ1n) is 8.90. The zero-order valence-corrected chi connectivity index (χ0v) is 15.6. The number of rotatable bonds is 6. The maximum Gasteiger partial charge on any atom is 0.244 e. The summed E-state index contributed by atoms with van der Waals surface area (Å²) in [6, 6.07) is 25.6. The average molecular weight is 357 g/mol. The molecule has 0 saturated carbocycles. The molecule has 3 nitrogen and oxygen atoms in total. The second kappa shape index (κ2) is 8.86. The highest BCUT2D eigenvalue weighted by Crippen LogP contribution is 2.23. The van der Waals surface area contributed by atoms with Gasteiger partial charge in [0.2, 0.25) is 5.91 Å². The molecule has 0 bridgehead atoms. The second-order valence-corrected chi connectivity index (χ2v) is 6.34. The third-order valence-corrected chi connectivity index (χ3v) is 4.35. The summed E-state index contributed by atoms with van der Waals surface area (Å²) >= 11 is 0. The van der Waals surface area contributed by atoms with Gasteiger partial charge in [0, 0.05) is 11.6 Å². The monoisotopic (exact) mass is 357 g/mol. The van der Waals surface area contributed by atoms with Crippen LogP contribution in [-0.2, 0) is 4.79 Å². The highest BCUT2D eigenvalue weighted by atomic mass is 16.5. The molecule has 0 atom stereocenters. The lowest BCUT2D eigenvalue weighted by molar-refractivity contribution is -0.116. The van der Waals surface area contributed by atoms with Gasteiger partial charge in [0.1, 0.15) is 5.75 Å². The van der Waals surface area contributed by atoms with Crippen molar-refractivity contribution in [1.29, 1.82) is 0 Å². The maximum absolute atomic E-state index is 12.6. The van der Waals surface area contributed by atoms with E-state index < -0.39 is 0 Å². The molecule has 27 heavy (non-hydrogen) atoms. The van der Waals surface area contributed by atoms with Gasteiger partial charge in [-0.2, -0.15) is 0 Å². The van der Waals surface area contributed by atoms with Crippen molar-refractivity contribution in [3.05, 3.63) is 107 Å². The van der Waals surface area contributed by atoms with E-state index in [1.807, 2.05) is 85.8 Å². The molecule has 0 aliphatic carbocycles. The zero-order valence-electron chi connectivity index (χ0n) is 15.6. The molecule has 0 unspecified atom stereocenters. The van der Waals surface area contributed by atoms with E-state index in [2.05, 4.69) is 5.32 Å². The van der Waals surface area contributed by atoms with E-state index in [0.29, 0.717) is 0 Å². The van der Waals surface area contributed by atoms with Crippen LogP contribution in [0.3, 0.4) is 0 Å². The number of nitrogens with one attached hydrogen (secondary N) is 1. The predicted octanol–water partition coefficient (Wildman–Crippen LogP) is 4.92. The lowest BCUT2D eigenvalue weighted by Gasteiger charge is -2.19. The van der Waals surface area contributed by atoms with E-state index in [4.69, 9.17) is 4.74 Å². The third-order valence-electron chi connectivity index (χ3n) is 4.35. The van der Waals surface area contributed by atoms with Crippen molar-refractivity contribution in [2.75, 3.05) is 7.11 Å². The minimum atomic E-state index is -0.205. The van der Waals surface area contributed by atoms with Crippen LogP contribution in [0, 0.1) is 6.92 Å². The Hall–Kier alpha value is -3.33. The van der Waals surface area contributed by atoms with E-state index in [1.165, 1.54) is 0 Å². The van der Waals surface area contributed by atoms with Gasteiger partial charge in [0.05, 0.1) is 13.2 Å². The largest absolute Gasteiger partial charge is 0.496 e. The Kier molecular flexibility index (Phi) is 6.06. The summed E-state index contributed by atoms with van der Waals surface area (Å²) < 4.78 is 5.37. The fourth-order valence-corrected chi connectivity index (χ4v) is 2.99. The molecule has 0 aromatic heterocycles. The molecule has 0 radical (unpaired) electrons. The van der Waals surface area contributed by atoms with Crippen LogP contribution in [0.2, 0.25) is 0 Å². The van der Waals surface area contributed by atoms with Crippen molar-refractivity contribution in [1.82, 2.24) is 5.32 Å². The molecule has 3 heteroatoms. The van der Waals surface area contributed by atoms with Gasteiger partial charge in [0.25, 0.3) is 0 Å². The number of aryl methyl sites for hydroxylation is 1. The van der Waals surface area contributed by atoms with Gasteiger partial charge in [-0.3, -0.25) is 4.79 Å². The molecule has 0 aliphatic rings. The van der Waals surface area contributed by atoms with Gasteiger partial charge < -0.3 is 10.1 Å². The first-order chi connectivity index (χ1) is 13.2. The van der Waals surface area contributed by atoms with Crippen molar-refractivity contribution < 1.29 is 9.53 Å². The van der Waals surface area contributed by atoms with E-state index in [-0.39, 0.29) is 11.9 Å². The molecule has 1 N–H and O–H groups in total. The van der Waals surface area contributed by atoms with E-state index in [0.717, 1.165) is 28.0 Å². The van der Waals surface area contributed by atoms with Crippen LogP contribution in [0.5, 0.6) is 5.75 Å². The summed E-state index contributed by atoms with van der Waals surface area (Å²) in [5.41, 5.74) is 4.07. The molecule has 3 aromatic rings. The van der Waals surface area contributed by atoms with Gasteiger partial charge in [-0.1, -0.05) is 72.3 Å². The van der Waals surface area contributed by atoms with Gasteiger partial charge in [-0.05, 0) is 36.3 Å². The Morgan fingerprint density at radius 2 is 1.52 bits per heavy atom. The first-order valence-corrected chi connectivity index (χ1v) is 8.90. The fourth-order valence-electron chi connectivity index (χ4n) is 2.99. The number of ether oxygens (including phenoxy) is 1. The molecule has 0 spiro atoms. The molecule has 0 saturated heterocycles. The molecule has 3 rings (SSSR count). The second-order valence-electron chi connectivity index (χ2n) is 6.34. The quantitative estimate of drug-likeness (QED) is 0.636. The molecular formula is C24H23NO2. The van der Waals surface area contributed by atoms with Gasteiger partial charge in [0.15, 0.2) is 0 Å². The first kappa shape index (κ1) is 18.5. The fraction of sp³-hybridized carbons (Fsp3) is 0.125. The van der Waals surface area contributed by atoms with E-state index in [1.54, 1.807) is 19.3 Å². The van der Waals surface area contributed by atoms with Crippen molar-refractivity contribution in [2.24, 2.45) is 0 Å².